The number of aromatic amines is 1. The Morgan fingerprint density at radius 3 is 2.84 bits per heavy atom. The number of carbonyl (C=O) groups excluding carboxylic acids is 1. The Labute approximate surface area is 145 Å². The molecule has 1 unspecified atom stereocenters. The van der Waals surface area contributed by atoms with Gasteiger partial charge in [0.1, 0.15) is 17.7 Å². The molecule has 1 aromatic carbocycles. The molecule has 9 heteroatoms. The average molecular weight is 366 g/mol. The van der Waals surface area contributed by atoms with Crippen LogP contribution in [0, 0.1) is 0 Å². The average Bonchev–Trinajstić information content (AvgIpc) is 3.01. The van der Waals surface area contributed by atoms with Crippen molar-refractivity contribution in [3.63, 3.8) is 0 Å². The minimum atomic E-state index is -4.36. The molecule has 3 rings (SSSR count). The molecular weight excluding hydrogens is 353 g/mol. The van der Waals surface area contributed by atoms with E-state index in [0.717, 1.165) is 0 Å². The number of benzene rings is 1. The van der Waals surface area contributed by atoms with E-state index in [1.807, 2.05) is 0 Å². The summed E-state index contributed by atoms with van der Waals surface area (Å²) in [6.07, 6.45) is 2.93. The quantitative estimate of drug-likeness (QED) is 0.683. The third kappa shape index (κ3) is 4.11. The summed E-state index contributed by atoms with van der Waals surface area (Å²) in [4.78, 5) is 23.4. The van der Waals surface area contributed by atoms with Gasteiger partial charge in [-0.25, -0.2) is 9.97 Å². The second-order valence-corrected chi connectivity index (χ2v) is 6.42. The lowest BCUT2D eigenvalue weighted by atomic mass is 10.1. The molecule has 0 aliphatic heterocycles. The van der Waals surface area contributed by atoms with Crippen molar-refractivity contribution < 1.29 is 18.0 Å². The fraction of sp³-hybridized carbons (Fsp3) is 0.188. The second-order valence-electron chi connectivity index (χ2n) is 5.28. The van der Waals surface area contributed by atoms with E-state index in [0.29, 0.717) is 16.6 Å². The molecular formula is C16H13F3N4OS. The van der Waals surface area contributed by atoms with Crippen molar-refractivity contribution in [1.82, 2.24) is 20.3 Å². The maximum atomic E-state index is 12.5. The van der Waals surface area contributed by atoms with Gasteiger partial charge in [-0.15, -0.1) is 0 Å². The molecule has 3 aromatic rings. The number of H-pyrrole nitrogens is 1. The van der Waals surface area contributed by atoms with Crippen molar-refractivity contribution in [3.8, 4) is 0 Å². The number of rotatable bonds is 4. The van der Waals surface area contributed by atoms with Crippen LogP contribution < -0.4 is 5.32 Å². The van der Waals surface area contributed by atoms with Crippen LogP contribution in [-0.4, -0.2) is 26.4 Å². The smallest absolute Gasteiger partial charge is 0.346 e. The Balaban J connectivity index is 1.78. The summed E-state index contributed by atoms with van der Waals surface area (Å²) in [6, 6.07) is 7.19. The van der Waals surface area contributed by atoms with Gasteiger partial charge >= 0.3 is 5.51 Å². The van der Waals surface area contributed by atoms with Gasteiger partial charge in [0.25, 0.3) is 5.91 Å². The summed E-state index contributed by atoms with van der Waals surface area (Å²) < 4.78 is 37.5. The van der Waals surface area contributed by atoms with Crippen molar-refractivity contribution in [3.05, 3.63) is 54.1 Å². The fourth-order valence-corrected chi connectivity index (χ4v) is 2.99. The van der Waals surface area contributed by atoms with E-state index in [-0.39, 0.29) is 22.4 Å². The zero-order valence-electron chi connectivity index (χ0n) is 13.0. The summed E-state index contributed by atoms with van der Waals surface area (Å²) in [5.41, 5.74) is -3.04. The molecule has 0 aliphatic carbocycles. The van der Waals surface area contributed by atoms with Gasteiger partial charge in [0, 0.05) is 11.1 Å². The zero-order chi connectivity index (χ0) is 18.0. The highest BCUT2D eigenvalue weighted by atomic mass is 32.2. The number of halogens is 3. The Kier molecular flexibility index (Phi) is 4.67. The SMILES string of the molecule is CC(NC(=O)c1ncnc2[nH]ccc12)c1cccc(SC(F)(F)F)c1. The van der Waals surface area contributed by atoms with Crippen LogP contribution in [0.15, 0.2) is 47.8 Å². The Hall–Kier alpha value is -2.55. The summed E-state index contributed by atoms with van der Waals surface area (Å²) in [5.74, 6) is -0.423. The van der Waals surface area contributed by atoms with Crippen LogP contribution in [0.5, 0.6) is 0 Å². The molecule has 5 nitrogen and oxygen atoms in total. The highest BCUT2D eigenvalue weighted by Crippen LogP contribution is 2.37. The van der Waals surface area contributed by atoms with Crippen molar-refractivity contribution in [2.75, 3.05) is 0 Å². The topological polar surface area (TPSA) is 70.7 Å². The van der Waals surface area contributed by atoms with E-state index in [1.54, 1.807) is 25.3 Å². The van der Waals surface area contributed by atoms with Gasteiger partial charge in [0.2, 0.25) is 0 Å². The molecule has 2 N–H and O–H groups in total. The molecule has 0 saturated carbocycles. The highest BCUT2D eigenvalue weighted by molar-refractivity contribution is 8.00. The number of amides is 1. The van der Waals surface area contributed by atoms with E-state index < -0.39 is 17.5 Å². The second kappa shape index (κ2) is 6.75. The van der Waals surface area contributed by atoms with Gasteiger partial charge in [-0.1, -0.05) is 12.1 Å². The first-order chi connectivity index (χ1) is 11.8. The first kappa shape index (κ1) is 17.3. The Morgan fingerprint density at radius 2 is 2.08 bits per heavy atom. The number of hydrogen-bond acceptors (Lipinski definition) is 4. The van der Waals surface area contributed by atoms with Gasteiger partial charge in [-0.2, -0.15) is 13.2 Å². The fourth-order valence-electron chi connectivity index (χ4n) is 2.38. The molecule has 130 valence electrons. The third-order valence-electron chi connectivity index (χ3n) is 3.51. The number of thioether (sulfide) groups is 1. The number of alkyl halides is 3. The molecule has 0 fully saturated rings. The molecule has 2 heterocycles. The van der Waals surface area contributed by atoms with Crippen molar-refractivity contribution >= 4 is 28.7 Å². The largest absolute Gasteiger partial charge is 0.446 e. The lowest BCUT2D eigenvalue weighted by molar-refractivity contribution is -0.0328. The highest BCUT2D eigenvalue weighted by Gasteiger charge is 2.29. The predicted octanol–water partition coefficient (Wildman–Crippen LogP) is 4.06. The standard InChI is InChI=1S/C16H13F3N4OS/c1-9(10-3-2-4-11(7-10)25-16(17,18)19)23-15(24)13-12-5-6-20-14(12)22-8-21-13/h2-9H,1H3,(H,23,24)(H,20,21,22). The third-order valence-corrected chi connectivity index (χ3v) is 4.23. The van der Waals surface area contributed by atoms with E-state index in [4.69, 9.17) is 0 Å². The minimum absolute atomic E-state index is 0.0705. The Bertz CT molecular complexity index is 910. The van der Waals surface area contributed by atoms with Gasteiger partial charge in [0.15, 0.2) is 0 Å². The number of aromatic nitrogens is 3. The number of fused-ring (bicyclic) bond motifs is 1. The van der Waals surface area contributed by atoms with Crippen molar-refractivity contribution in [2.24, 2.45) is 0 Å². The molecule has 0 aliphatic rings. The van der Waals surface area contributed by atoms with Gasteiger partial charge in [0.05, 0.1) is 11.4 Å². The van der Waals surface area contributed by atoms with Crippen LogP contribution in [0.1, 0.15) is 29.0 Å². The van der Waals surface area contributed by atoms with Gasteiger partial charge in [-0.3, -0.25) is 4.79 Å². The molecule has 0 saturated heterocycles. The van der Waals surface area contributed by atoms with Crippen LogP contribution in [-0.2, 0) is 0 Å². The van der Waals surface area contributed by atoms with Crippen molar-refractivity contribution in [2.45, 2.75) is 23.4 Å². The van der Waals surface area contributed by atoms with E-state index in [2.05, 4.69) is 20.3 Å². The minimum Gasteiger partial charge on any atom is -0.346 e. The van der Waals surface area contributed by atoms with E-state index >= 15 is 0 Å². The van der Waals surface area contributed by atoms with E-state index in [9.17, 15) is 18.0 Å². The monoisotopic (exact) mass is 366 g/mol. The van der Waals surface area contributed by atoms with Crippen LogP contribution >= 0.6 is 11.8 Å². The maximum absolute atomic E-state index is 12.5. The number of nitrogens with zero attached hydrogens (tertiary/aromatic N) is 2. The summed E-state index contributed by atoms with van der Waals surface area (Å²) in [6.45, 7) is 1.70. The normalized spacial score (nSPS) is 13.0. The molecule has 2 aromatic heterocycles. The lowest BCUT2D eigenvalue weighted by Crippen LogP contribution is -2.27. The first-order valence-corrected chi connectivity index (χ1v) is 8.10. The van der Waals surface area contributed by atoms with Crippen LogP contribution in [0.2, 0.25) is 0 Å². The van der Waals surface area contributed by atoms with Gasteiger partial charge < -0.3 is 10.3 Å². The number of hydrogen-bond donors (Lipinski definition) is 2. The molecule has 1 atom stereocenters. The number of nitrogens with one attached hydrogen (secondary N) is 2. The summed E-state index contributed by atoms with van der Waals surface area (Å²) in [7, 11) is 0. The Morgan fingerprint density at radius 1 is 1.28 bits per heavy atom. The van der Waals surface area contributed by atoms with Gasteiger partial charge in [-0.05, 0) is 42.4 Å². The molecule has 25 heavy (non-hydrogen) atoms. The molecule has 0 bridgehead atoms. The summed E-state index contributed by atoms with van der Waals surface area (Å²) >= 11 is -0.187. The van der Waals surface area contributed by atoms with E-state index in [1.165, 1.54) is 24.5 Å². The molecule has 0 spiro atoms. The predicted molar refractivity (Wildman–Crippen MR) is 88.1 cm³/mol. The van der Waals surface area contributed by atoms with Crippen molar-refractivity contribution in [1.29, 1.82) is 0 Å². The van der Waals surface area contributed by atoms with Crippen LogP contribution in [0.3, 0.4) is 0 Å². The maximum Gasteiger partial charge on any atom is 0.446 e. The summed E-state index contributed by atoms with van der Waals surface area (Å²) in [5, 5.41) is 3.33. The zero-order valence-corrected chi connectivity index (χ0v) is 13.8. The first-order valence-electron chi connectivity index (χ1n) is 7.28. The van der Waals surface area contributed by atoms with Crippen LogP contribution in [0.25, 0.3) is 11.0 Å². The molecule has 1 amide bonds. The molecule has 0 radical (unpaired) electrons. The van der Waals surface area contributed by atoms with Crippen LogP contribution in [0.4, 0.5) is 13.2 Å². The number of carbonyl (C=O) groups is 1. The lowest BCUT2D eigenvalue weighted by Gasteiger charge is -2.15.